The Balaban J connectivity index is 1.64. The van der Waals surface area contributed by atoms with E-state index < -0.39 is 17.5 Å². The molecule has 7 nitrogen and oxygen atoms in total. The Labute approximate surface area is 204 Å². The second-order valence-corrected chi connectivity index (χ2v) is 9.33. The number of halogens is 2. The van der Waals surface area contributed by atoms with Crippen molar-refractivity contribution in [3.8, 4) is 11.3 Å². The highest BCUT2D eigenvalue weighted by atomic mass is 19.3. The lowest BCUT2D eigenvalue weighted by atomic mass is 10.0. The van der Waals surface area contributed by atoms with Crippen LogP contribution in [-0.4, -0.2) is 39.2 Å². The lowest BCUT2D eigenvalue weighted by Gasteiger charge is -2.31. The topological polar surface area (TPSA) is 83.9 Å². The van der Waals surface area contributed by atoms with Crippen LogP contribution in [0.4, 0.5) is 20.2 Å². The van der Waals surface area contributed by atoms with Crippen molar-refractivity contribution in [3.05, 3.63) is 59.3 Å². The number of rotatable bonds is 6. The lowest BCUT2D eigenvalue weighted by Crippen LogP contribution is -2.31. The molecule has 0 atom stereocenters. The summed E-state index contributed by atoms with van der Waals surface area (Å²) in [5, 5.41) is 11.8. The second-order valence-electron chi connectivity index (χ2n) is 9.33. The Kier molecular flexibility index (Phi) is 7.05. The normalized spacial score (nSPS) is 14.3. The van der Waals surface area contributed by atoms with Gasteiger partial charge in [0.1, 0.15) is 5.69 Å². The summed E-state index contributed by atoms with van der Waals surface area (Å²) in [6.07, 6.45) is 6.28. The lowest BCUT2D eigenvalue weighted by molar-refractivity contribution is 0.0127. The molecular weight excluding hydrogens is 450 g/mol. The fourth-order valence-corrected chi connectivity index (χ4v) is 4.20. The van der Waals surface area contributed by atoms with Crippen molar-refractivity contribution in [3.63, 3.8) is 0 Å². The van der Waals surface area contributed by atoms with E-state index in [1.54, 1.807) is 6.07 Å². The molecule has 1 saturated heterocycles. The first-order valence-electron chi connectivity index (χ1n) is 11.9. The number of alkyl halides is 2. The van der Waals surface area contributed by atoms with Gasteiger partial charge in [-0.2, -0.15) is 19.0 Å². The first kappa shape index (κ1) is 24.6. The standard InChI is InChI=1S/C26H30F2N6O/c1-16(2)24-22(34-10-6-5-7-11-34)14-21(32-33-24)20-13-19(15-30-17(20)3)31-25(35)18-8-9-29-23(12-18)26(4,27)28/h8-9,12-16H,5-7,10-11H2,1-4H3,(H,31,35). The molecule has 0 aliphatic carbocycles. The molecule has 1 aliphatic rings. The van der Waals surface area contributed by atoms with Gasteiger partial charge in [0.25, 0.3) is 11.8 Å². The number of piperidine rings is 1. The van der Waals surface area contributed by atoms with Gasteiger partial charge >= 0.3 is 0 Å². The number of amides is 1. The molecule has 1 aliphatic heterocycles. The van der Waals surface area contributed by atoms with Gasteiger partial charge in [-0.15, -0.1) is 0 Å². The SMILES string of the molecule is Cc1ncc(NC(=O)c2ccnc(C(C)(F)F)c2)cc1-c1cc(N2CCCCC2)c(C(C)C)nn1. The van der Waals surface area contributed by atoms with Crippen molar-refractivity contribution >= 4 is 17.3 Å². The summed E-state index contributed by atoms with van der Waals surface area (Å²) in [4.78, 5) is 23.2. The van der Waals surface area contributed by atoms with Crippen LogP contribution in [0.3, 0.4) is 0 Å². The smallest absolute Gasteiger partial charge is 0.286 e. The van der Waals surface area contributed by atoms with E-state index in [1.165, 1.54) is 24.9 Å². The third-order valence-corrected chi connectivity index (χ3v) is 6.14. The number of pyridine rings is 2. The number of aryl methyl sites for hydroxylation is 1. The average Bonchev–Trinajstić information content (AvgIpc) is 2.85. The van der Waals surface area contributed by atoms with E-state index in [-0.39, 0.29) is 11.5 Å². The van der Waals surface area contributed by atoms with Crippen LogP contribution in [0.25, 0.3) is 11.3 Å². The van der Waals surface area contributed by atoms with Crippen molar-refractivity contribution in [1.82, 2.24) is 20.2 Å². The van der Waals surface area contributed by atoms with Gasteiger partial charge in [0.05, 0.1) is 29.0 Å². The maximum atomic E-state index is 13.6. The molecule has 3 aromatic heterocycles. The Morgan fingerprint density at radius 2 is 1.83 bits per heavy atom. The summed E-state index contributed by atoms with van der Waals surface area (Å²) in [5.41, 5.74) is 4.29. The van der Waals surface area contributed by atoms with Crippen LogP contribution in [0.15, 0.2) is 36.7 Å². The van der Waals surface area contributed by atoms with Crippen molar-refractivity contribution < 1.29 is 13.6 Å². The van der Waals surface area contributed by atoms with Crippen molar-refractivity contribution in [2.24, 2.45) is 0 Å². The third-order valence-electron chi connectivity index (χ3n) is 6.14. The van der Waals surface area contributed by atoms with Crippen molar-refractivity contribution in [1.29, 1.82) is 0 Å². The number of hydrogen-bond acceptors (Lipinski definition) is 6. The zero-order valence-corrected chi connectivity index (χ0v) is 20.5. The number of carbonyl (C=O) groups is 1. The van der Waals surface area contributed by atoms with Gasteiger partial charge in [0, 0.05) is 43.0 Å². The zero-order chi connectivity index (χ0) is 25.2. The van der Waals surface area contributed by atoms with E-state index in [0.717, 1.165) is 61.6 Å². The molecule has 0 bridgehead atoms. The summed E-state index contributed by atoms with van der Waals surface area (Å²) in [5.74, 6) is -3.43. The molecule has 1 amide bonds. The Hall–Kier alpha value is -3.49. The molecule has 1 fully saturated rings. The van der Waals surface area contributed by atoms with Gasteiger partial charge in [-0.25, -0.2) is 0 Å². The summed E-state index contributed by atoms with van der Waals surface area (Å²) < 4.78 is 27.3. The molecule has 35 heavy (non-hydrogen) atoms. The maximum Gasteiger partial charge on any atom is 0.286 e. The minimum Gasteiger partial charge on any atom is -0.370 e. The van der Waals surface area contributed by atoms with Crippen molar-refractivity contribution in [2.75, 3.05) is 23.3 Å². The third kappa shape index (κ3) is 5.61. The number of nitrogens with one attached hydrogen (secondary N) is 1. The Bertz CT molecular complexity index is 1220. The van der Waals surface area contributed by atoms with Crippen LogP contribution in [0.5, 0.6) is 0 Å². The predicted octanol–water partition coefficient (Wildman–Crippen LogP) is 5.72. The molecule has 0 radical (unpaired) electrons. The fraction of sp³-hybridized carbons (Fsp3) is 0.423. The fourth-order valence-electron chi connectivity index (χ4n) is 4.20. The molecule has 9 heteroatoms. The predicted molar refractivity (Wildman–Crippen MR) is 132 cm³/mol. The first-order chi connectivity index (χ1) is 16.6. The largest absolute Gasteiger partial charge is 0.370 e. The molecule has 0 unspecified atom stereocenters. The minimum absolute atomic E-state index is 0.0899. The van der Waals surface area contributed by atoms with Gasteiger partial charge in [0.15, 0.2) is 0 Å². The van der Waals surface area contributed by atoms with Crippen LogP contribution < -0.4 is 10.2 Å². The molecule has 0 aromatic carbocycles. The summed E-state index contributed by atoms with van der Waals surface area (Å²) in [7, 11) is 0. The van der Waals surface area contributed by atoms with E-state index in [9.17, 15) is 13.6 Å². The van der Waals surface area contributed by atoms with Crippen LogP contribution in [0, 0.1) is 6.92 Å². The quantitative estimate of drug-likeness (QED) is 0.486. The highest BCUT2D eigenvalue weighted by Gasteiger charge is 2.27. The summed E-state index contributed by atoms with van der Waals surface area (Å²) >= 11 is 0. The van der Waals surface area contributed by atoms with E-state index in [2.05, 4.69) is 50.3 Å². The number of nitrogens with zero attached hydrogens (tertiary/aromatic N) is 5. The Morgan fingerprint density at radius 3 is 2.51 bits per heavy atom. The molecule has 184 valence electrons. The second kappa shape index (κ2) is 10.0. The van der Waals surface area contributed by atoms with E-state index in [1.807, 2.05) is 6.92 Å². The van der Waals surface area contributed by atoms with E-state index >= 15 is 0 Å². The maximum absolute atomic E-state index is 13.6. The number of carbonyl (C=O) groups excluding carboxylic acids is 1. The molecular formula is C26H30F2N6O. The van der Waals surface area contributed by atoms with Crippen LogP contribution in [0.2, 0.25) is 0 Å². The molecule has 4 heterocycles. The van der Waals surface area contributed by atoms with E-state index in [4.69, 9.17) is 0 Å². The summed E-state index contributed by atoms with van der Waals surface area (Å²) in [6.45, 7) is 8.82. The number of aromatic nitrogens is 4. The van der Waals surface area contributed by atoms with Gasteiger partial charge in [0.2, 0.25) is 0 Å². The van der Waals surface area contributed by atoms with Gasteiger partial charge < -0.3 is 10.2 Å². The number of hydrogen-bond donors (Lipinski definition) is 1. The van der Waals surface area contributed by atoms with Crippen LogP contribution in [-0.2, 0) is 5.92 Å². The number of anilines is 2. The first-order valence-corrected chi connectivity index (χ1v) is 11.9. The van der Waals surface area contributed by atoms with Crippen LogP contribution >= 0.6 is 0 Å². The molecule has 0 saturated carbocycles. The van der Waals surface area contributed by atoms with E-state index in [0.29, 0.717) is 11.4 Å². The highest BCUT2D eigenvalue weighted by Crippen LogP contribution is 2.32. The van der Waals surface area contributed by atoms with Crippen molar-refractivity contribution in [2.45, 2.75) is 58.8 Å². The monoisotopic (exact) mass is 480 g/mol. The molecule has 4 rings (SSSR count). The molecule has 1 N–H and O–H groups in total. The average molecular weight is 481 g/mol. The van der Waals surface area contributed by atoms with Gasteiger partial charge in [-0.1, -0.05) is 13.8 Å². The van der Waals surface area contributed by atoms with Gasteiger partial charge in [-0.3, -0.25) is 14.8 Å². The minimum atomic E-state index is -3.14. The Morgan fingerprint density at radius 1 is 1.09 bits per heavy atom. The van der Waals surface area contributed by atoms with Gasteiger partial charge in [-0.05, 0) is 56.4 Å². The highest BCUT2D eigenvalue weighted by molar-refractivity contribution is 6.04. The molecule has 3 aromatic rings. The van der Waals surface area contributed by atoms with Crippen LogP contribution in [0.1, 0.15) is 73.4 Å². The molecule has 0 spiro atoms. The summed E-state index contributed by atoms with van der Waals surface area (Å²) in [6, 6.07) is 6.34. The zero-order valence-electron chi connectivity index (χ0n) is 20.5.